The number of carbonyl (C=O) groups excluding carboxylic acids is 1. The Balaban J connectivity index is 1.87. The summed E-state index contributed by atoms with van der Waals surface area (Å²) in [6, 6.07) is 20.4. The molecule has 3 aromatic rings. The number of nitrogens with one attached hydrogen (secondary N) is 1. The molecular weight excluding hydrogens is 358 g/mol. The highest BCUT2D eigenvalue weighted by molar-refractivity contribution is 7.99. The summed E-state index contributed by atoms with van der Waals surface area (Å²) in [6.45, 7) is 1.65. The summed E-state index contributed by atoms with van der Waals surface area (Å²) < 4.78 is 0. The lowest BCUT2D eigenvalue weighted by Gasteiger charge is -2.12. The second-order valence-corrected chi connectivity index (χ2v) is 6.90. The third-order valence-corrected chi connectivity index (χ3v) is 5.01. The highest BCUT2D eigenvalue weighted by atomic mass is 32.2. The highest BCUT2D eigenvalue weighted by Crippen LogP contribution is 2.25. The van der Waals surface area contributed by atoms with Crippen LogP contribution in [-0.2, 0) is 0 Å². The van der Waals surface area contributed by atoms with Gasteiger partial charge in [0.05, 0.1) is 17.5 Å². The molecular formula is C21H17N3O2S. The molecule has 6 heteroatoms. The van der Waals surface area contributed by atoms with Gasteiger partial charge in [-0.3, -0.25) is 9.59 Å². The first-order valence-corrected chi connectivity index (χ1v) is 9.35. The van der Waals surface area contributed by atoms with Crippen LogP contribution in [-0.4, -0.2) is 21.5 Å². The quantitative estimate of drug-likeness (QED) is 0.403. The molecule has 3 rings (SSSR count). The van der Waals surface area contributed by atoms with E-state index in [9.17, 15) is 14.9 Å². The predicted octanol–water partition coefficient (Wildman–Crippen LogP) is 3.71. The lowest BCUT2D eigenvalue weighted by Crippen LogP contribution is -2.18. The number of aromatic nitrogens is 2. The van der Waals surface area contributed by atoms with Crippen molar-refractivity contribution in [3.63, 3.8) is 0 Å². The van der Waals surface area contributed by atoms with Crippen LogP contribution in [0.2, 0.25) is 0 Å². The van der Waals surface area contributed by atoms with Gasteiger partial charge in [0, 0.05) is 11.1 Å². The van der Waals surface area contributed by atoms with Crippen molar-refractivity contribution in [1.82, 2.24) is 9.97 Å². The summed E-state index contributed by atoms with van der Waals surface area (Å²) >= 11 is 1.16. The molecule has 0 aliphatic carbocycles. The molecule has 0 fully saturated rings. The molecule has 5 nitrogen and oxygen atoms in total. The van der Waals surface area contributed by atoms with E-state index < -0.39 is 5.92 Å². The average molecular weight is 375 g/mol. The fourth-order valence-corrected chi connectivity index (χ4v) is 3.42. The van der Waals surface area contributed by atoms with Crippen LogP contribution in [0.3, 0.4) is 0 Å². The Morgan fingerprint density at radius 1 is 1.15 bits per heavy atom. The van der Waals surface area contributed by atoms with Gasteiger partial charge in [0.25, 0.3) is 5.56 Å². The first kappa shape index (κ1) is 18.6. The van der Waals surface area contributed by atoms with Gasteiger partial charge in [-0.2, -0.15) is 5.26 Å². The zero-order valence-corrected chi connectivity index (χ0v) is 15.5. The van der Waals surface area contributed by atoms with Crippen molar-refractivity contribution >= 4 is 17.5 Å². The maximum Gasteiger partial charge on any atom is 0.254 e. The zero-order valence-electron chi connectivity index (χ0n) is 14.7. The first-order valence-electron chi connectivity index (χ1n) is 8.36. The molecule has 0 spiro atoms. The SMILES string of the molecule is Cc1c(C(C#N)c2ccccc2)nc(SCC(=O)c2ccccc2)[nH]c1=O. The molecule has 2 aromatic carbocycles. The number of ketones is 1. The molecule has 134 valence electrons. The molecule has 1 heterocycles. The van der Waals surface area contributed by atoms with Crippen LogP contribution >= 0.6 is 11.8 Å². The number of nitriles is 1. The van der Waals surface area contributed by atoms with Crippen LogP contribution < -0.4 is 5.56 Å². The number of rotatable bonds is 6. The van der Waals surface area contributed by atoms with Gasteiger partial charge in [-0.25, -0.2) is 4.98 Å². The van der Waals surface area contributed by atoms with E-state index >= 15 is 0 Å². The molecule has 0 aliphatic rings. The van der Waals surface area contributed by atoms with Crippen LogP contribution in [0.5, 0.6) is 0 Å². The number of benzene rings is 2. The molecule has 1 atom stereocenters. The van der Waals surface area contributed by atoms with E-state index in [0.717, 1.165) is 17.3 Å². The topological polar surface area (TPSA) is 86.6 Å². The molecule has 0 amide bonds. The highest BCUT2D eigenvalue weighted by Gasteiger charge is 2.20. The normalized spacial score (nSPS) is 11.6. The summed E-state index contributed by atoms with van der Waals surface area (Å²) in [7, 11) is 0. The number of hydrogen-bond donors (Lipinski definition) is 1. The number of aromatic amines is 1. The molecule has 0 saturated heterocycles. The Labute approximate surface area is 161 Å². The van der Waals surface area contributed by atoms with Crippen LogP contribution in [0.4, 0.5) is 0 Å². The van der Waals surface area contributed by atoms with Crippen molar-refractivity contribution < 1.29 is 4.79 Å². The van der Waals surface area contributed by atoms with Gasteiger partial charge in [-0.15, -0.1) is 0 Å². The largest absolute Gasteiger partial charge is 0.301 e. The van der Waals surface area contributed by atoms with Crippen molar-refractivity contribution in [3.05, 3.63) is 93.4 Å². The molecule has 0 bridgehead atoms. The minimum absolute atomic E-state index is 0.0507. The minimum Gasteiger partial charge on any atom is -0.301 e. The Morgan fingerprint density at radius 3 is 2.41 bits per heavy atom. The number of hydrogen-bond acceptors (Lipinski definition) is 5. The van der Waals surface area contributed by atoms with E-state index in [1.54, 1.807) is 31.2 Å². The van der Waals surface area contributed by atoms with Crippen LogP contribution in [0.1, 0.15) is 33.1 Å². The fourth-order valence-electron chi connectivity index (χ4n) is 2.66. The summed E-state index contributed by atoms with van der Waals surface area (Å²) in [6.07, 6.45) is 0. The molecule has 0 saturated carbocycles. The van der Waals surface area contributed by atoms with Crippen molar-refractivity contribution in [2.75, 3.05) is 5.75 Å². The van der Waals surface area contributed by atoms with Gasteiger partial charge in [-0.1, -0.05) is 72.4 Å². The van der Waals surface area contributed by atoms with Crippen LogP contribution in [0, 0.1) is 18.3 Å². The Bertz CT molecular complexity index is 1040. The van der Waals surface area contributed by atoms with Gasteiger partial charge in [0.15, 0.2) is 10.9 Å². The number of carbonyl (C=O) groups is 1. The van der Waals surface area contributed by atoms with Gasteiger partial charge >= 0.3 is 0 Å². The summed E-state index contributed by atoms with van der Waals surface area (Å²) in [4.78, 5) is 31.8. The molecule has 27 heavy (non-hydrogen) atoms. The smallest absolute Gasteiger partial charge is 0.254 e. The summed E-state index contributed by atoms with van der Waals surface area (Å²) in [5.74, 6) is -0.541. The van der Waals surface area contributed by atoms with Crippen LogP contribution in [0.25, 0.3) is 0 Å². The lowest BCUT2D eigenvalue weighted by atomic mass is 9.94. The maximum atomic E-state index is 12.3. The monoisotopic (exact) mass is 375 g/mol. The number of nitrogens with zero attached hydrogens (tertiary/aromatic N) is 2. The van der Waals surface area contributed by atoms with Gasteiger partial charge < -0.3 is 4.98 Å². The van der Waals surface area contributed by atoms with E-state index in [4.69, 9.17) is 0 Å². The van der Waals surface area contributed by atoms with E-state index in [0.29, 0.717) is 22.0 Å². The maximum absolute atomic E-state index is 12.3. The Hall–Kier alpha value is -3.17. The van der Waals surface area contributed by atoms with E-state index in [2.05, 4.69) is 16.0 Å². The standard InChI is InChI=1S/C21H17N3O2S/c1-14-19(17(12-22)15-8-4-2-5-9-15)23-21(24-20(14)26)27-13-18(25)16-10-6-3-7-11-16/h2-11,17H,13H2,1H3,(H,23,24,26). The van der Waals surface area contributed by atoms with E-state index in [-0.39, 0.29) is 17.1 Å². The third-order valence-electron chi connectivity index (χ3n) is 4.14. The number of thioether (sulfide) groups is 1. The Kier molecular flexibility index (Phi) is 5.84. The minimum atomic E-state index is -0.641. The fraction of sp³-hybridized carbons (Fsp3) is 0.143. The van der Waals surface area contributed by atoms with Gasteiger partial charge in [0.2, 0.25) is 0 Å². The van der Waals surface area contributed by atoms with Crippen molar-refractivity contribution in [2.45, 2.75) is 18.0 Å². The zero-order chi connectivity index (χ0) is 19.2. The molecule has 1 aromatic heterocycles. The number of Topliss-reactive ketones (excluding diaryl/α,β-unsaturated/α-hetero) is 1. The molecule has 0 aliphatic heterocycles. The first-order chi connectivity index (χ1) is 13.1. The molecule has 1 N–H and O–H groups in total. The average Bonchev–Trinajstić information content (AvgIpc) is 2.71. The van der Waals surface area contributed by atoms with Crippen molar-refractivity contribution in [1.29, 1.82) is 5.26 Å². The Morgan fingerprint density at radius 2 is 1.78 bits per heavy atom. The van der Waals surface area contributed by atoms with Gasteiger partial charge in [0.1, 0.15) is 5.92 Å². The van der Waals surface area contributed by atoms with Crippen LogP contribution in [0.15, 0.2) is 70.6 Å². The second-order valence-electron chi connectivity index (χ2n) is 5.93. The summed E-state index contributed by atoms with van der Waals surface area (Å²) in [5, 5.41) is 9.98. The van der Waals surface area contributed by atoms with Crippen molar-refractivity contribution in [2.24, 2.45) is 0 Å². The lowest BCUT2D eigenvalue weighted by molar-refractivity contribution is 0.102. The van der Waals surface area contributed by atoms with Gasteiger partial charge in [-0.05, 0) is 12.5 Å². The molecule has 1 unspecified atom stereocenters. The summed E-state index contributed by atoms with van der Waals surface area (Å²) in [5.41, 5.74) is 1.91. The second kappa shape index (κ2) is 8.47. The third kappa shape index (κ3) is 4.33. The van der Waals surface area contributed by atoms with E-state index in [1.807, 2.05) is 36.4 Å². The van der Waals surface area contributed by atoms with Crippen molar-refractivity contribution in [3.8, 4) is 6.07 Å². The van der Waals surface area contributed by atoms with E-state index in [1.165, 1.54) is 0 Å². The molecule has 0 radical (unpaired) electrons. The number of H-pyrrole nitrogens is 1. The predicted molar refractivity (Wildman–Crippen MR) is 105 cm³/mol.